The minimum Gasteiger partial charge on any atom is -0.397 e. The molecule has 4 N–H and O–H groups in total. The molecule has 0 aliphatic rings. The molecule has 0 aliphatic carbocycles. The second kappa shape index (κ2) is 4.98. The molecule has 4 nitrogen and oxygen atoms in total. The van der Waals surface area contributed by atoms with Crippen molar-refractivity contribution in [3.63, 3.8) is 0 Å². The number of nitrogen functional groups attached to an aromatic ring is 1. The molecular formula is C11H19N3O. The van der Waals surface area contributed by atoms with Crippen LogP contribution in [0.2, 0.25) is 0 Å². The zero-order valence-corrected chi connectivity index (χ0v) is 9.33. The first-order valence-corrected chi connectivity index (χ1v) is 5.25. The van der Waals surface area contributed by atoms with Gasteiger partial charge in [0.1, 0.15) is 0 Å². The quantitative estimate of drug-likeness (QED) is 0.689. The van der Waals surface area contributed by atoms with Crippen LogP contribution >= 0.6 is 0 Å². The van der Waals surface area contributed by atoms with E-state index in [4.69, 9.17) is 5.73 Å². The molecule has 0 saturated heterocycles. The van der Waals surface area contributed by atoms with E-state index in [1.807, 2.05) is 19.9 Å². The van der Waals surface area contributed by atoms with Crippen LogP contribution in [0.1, 0.15) is 26.7 Å². The largest absolute Gasteiger partial charge is 0.397 e. The fraction of sp³-hybridized carbons (Fsp3) is 0.545. The summed E-state index contributed by atoms with van der Waals surface area (Å²) in [6.07, 6.45) is 5.03. The number of aliphatic hydroxyl groups excluding tert-OH is 1. The van der Waals surface area contributed by atoms with Gasteiger partial charge in [-0.2, -0.15) is 0 Å². The van der Waals surface area contributed by atoms with Gasteiger partial charge < -0.3 is 16.2 Å². The smallest absolute Gasteiger partial charge is 0.0661 e. The molecule has 0 amide bonds. The highest BCUT2D eigenvalue weighted by Gasteiger charge is 2.24. The van der Waals surface area contributed by atoms with Gasteiger partial charge in [0, 0.05) is 6.20 Å². The van der Waals surface area contributed by atoms with Crippen LogP contribution in [-0.4, -0.2) is 22.2 Å². The topological polar surface area (TPSA) is 71.2 Å². The number of hydrogen-bond acceptors (Lipinski definition) is 4. The van der Waals surface area contributed by atoms with Gasteiger partial charge in [-0.25, -0.2) is 0 Å². The summed E-state index contributed by atoms with van der Waals surface area (Å²) in [5, 5.41) is 12.7. The van der Waals surface area contributed by atoms with E-state index in [9.17, 15) is 5.11 Å². The predicted molar refractivity (Wildman–Crippen MR) is 62.7 cm³/mol. The fourth-order valence-electron chi connectivity index (χ4n) is 1.52. The van der Waals surface area contributed by atoms with Crippen molar-refractivity contribution in [1.82, 2.24) is 4.98 Å². The molecule has 4 heteroatoms. The SMILES string of the molecule is CCC(CC)(CO)Nc1cncc(N)c1. The number of rotatable bonds is 5. The zero-order chi connectivity index (χ0) is 11.3. The summed E-state index contributed by atoms with van der Waals surface area (Å²) in [7, 11) is 0. The molecule has 1 rings (SSSR count). The average Bonchev–Trinajstić information content (AvgIpc) is 2.26. The Kier molecular flexibility index (Phi) is 3.91. The lowest BCUT2D eigenvalue weighted by molar-refractivity contribution is 0.202. The summed E-state index contributed by atoms with van der Waals surface area (Å²) in [5.41, 5.74) is 6.85. The van der Waals surface area contributed by atoms with Crippen LogP contribution < -0.4 is 11.1 Å². The first-order chi connectivity index (χ1) is 7.15. The Labute approximate surface area is 90.5 Å². The molecule has 0 atom stereocenters. The summed E-state index contributed by atoms with van der Waals surface area (Å²) in [4.78, 5) is 4.00. The molecule has 0 unspecified atom stereocenters. The average molecular weight is 209 g/mol. The second-order valence-corrected chi connectivity index (χ2v) is 3.78. The highest BCUT2D eigenvalue weighted by Crippen LogP contribution is 2.22. The van der Waals surface area contributed by atoms with Crippen molar-refractivity contribution in [1.29, 1.82) is 0 Å². The number of aromatic nitrogens is 1. The third-order valence-corrected chi connectivity index (χ3v) is 2.83. The summed E-state index contributed by atoms with van der Waals surface area (Å²) in [6, 6.07) is 1.82. The number of nitrogens with one attached hydrogen (secondary N) is 1. The van der Waals surface area contributed by atoms with Crippen molar-refractivity contribution in [3.05, 3.63) is 18.5 Å². The third kappa shape index (κ3) is 2.83. The Bertz CT molecular complexity index is 302. The van der Waals surface area contributed by atoms with Gasteiger partial charge in [0.05, 0.1) is 29.7 Å². The summed E-state index contributed by atoms with van der Waals surface area (Å²) in [6.45, 7) is 4.20. The maximum atomic E-state index is 9.39. The summed E-state index contributed by atoms with van der Waals surface area (Å²) >= 11 is 0. The van der Waals surface area contributed by atoms with Crippen molar-refractivity contribution in [2.24, 2.45) is 0 Å². The van der Waals surface area contributed by atoms with Gasteiger partial charge in [0.15, 0.2) is 0 Å². The predicted octanol–water partition coefficient (Wildman–Crippen LogP) is 1.63. The van der Waals surface area contributed by atoms with Crippen molar-refractivity contribution in [2.45, 2.75) is 32.2 Å². The lowest BCUT2D eigenvalue weighted by atomic mass is 9.93. The van der Waals surface area contributed by atoms with E-state index in [0.717, 1.165) is 18.5 Å². The fourth-order valence-corrected chi connectivity index (χ4v) is 1.52. The number of aliphatic hydroxyl groups is 1. The van der Waals surface area contributed by atoms with E-state index in [1.54, 1.807) is 12.4 Å². The van der Waals surface area contributed by atoms with Crippen LogP contribution in [0.25, 0.3) is 0 Å². The van der Waals surface area contributed by atoms with Crippen LogP contribution in [0, 0.1) is 0 Å². The maximum Gasteiger partial charge on any atom is 0.0661 e. The van der Waals surface area contributed by atoms with E-state index in [-0.39, 0.29) is 12.1 Å². The number of anilines is 2. The molecular weight excluding hydrogens is 190 g/mol. The lowest BCUT2D eigenvalue weighted by Gasteiger charge is -2.31. The van der Waals surface area contributed by atoms with E-state index < -0.39 is 0 Å². The van der Waals surface area contributed by atoms with Crippen LogP contribution in [0.3, 0.4) is 0 Å². The third-order valence-electron chi connectivity index (χ3n) is 2.83. The van der Waals surface area contributed by atoms with Gasteiger partial charge in [-0.1, -0.05) is 13.8 Å². The highest BCUT2D eigenvalue weighted by molar-refractivity contribution is 5.52. The van der Waals surface area contributed by atoms with Crippen molar-refractivity contribution in [2.75, 3.05) is 17.7 Å². The van der Waals surface area contributed by atoms with Gasteiger partial charge in [0.25, 0.3) is 0 Å². The molecule has 1 aromatic heterocycles. The standard InChI is InChI=1S/C11H19N3O/c1-3-11(4-2,8-15)14-10-5-9(12)6-13-7-10/h5-7,14-15H,3-4,8,12H2,1-2H3. The molecule has 0 radical (unpaired) electrons. The van der Waals surface area contributed by atoms with Gasteiger partial charge in [-0.3, -0.25) is 4.98 Å². The van der Waals surface area contributed by atoms with Crippen LogP contribution in [0.4, 0.5) is 11.4 Å². The summed E-state index contributed by atoms with van der Waals surface area (Å²) in [5.74, 6) is 0. The minimum atomic E-state index is -0.268. The Morgan fingerprint density at radius 2 is 2.07 bits per heavy atom. The van der Waals surface area contributed by atoms with Crippen molar-refractivity contribution in [3.8, 4) is 0 Å². The molecule has 0 aliphatic heterocycles. The summed E-state index contributed by atoms with van der Waals surface area (Å²) < 4.78 is 0. The molecule has 0 fully saturated rings. The van der Waals surface area contributed by atoms with Crippen LogP contribution in [-0.2, 0) is 0 Å². The Morgan fingerprint density at radius 1 is 1.40 bits per heavy atom. The molecule has 1 heterocycles. The molecule has 0 saturated carbocycles. The van der Waals surface area contributed by atoms with Crippen LogP contribution in [0.5, 0.6) is 0 Å². The molecule has 15 heavy (non-hydrogen) atoms. The first kappa shape index (κ1) is 11.8. The monoisotopic (exact) mass is 209 g/mol. The maximum absolute atomic E-state index is 9.39. The second-order valence-electron chi connectivity index (χ2n) is 3.78. The Balaban J connectivity index is 2.82. The molecule has 84 valence electrons. The van der Waals surface area contributed by atoms with Gasteiger partial charge in [-0.05, 0) is 18.9 Å². The first-order valence-electron chi connectivity index (χ1n) is 5.25. The highest BCUT2D eigenvalue weighted by atomic mass is 16.3. The van der Waals surface area contributed by atoms with E-state index in [0.29, 0.717) is 5.69 Å². The van der Waals surface area contributed by atoms with E-state index in [2.05, 4.69) is 10.3 Å². The Morgan fingerprint density at radius 3 is 2.53 bits per heavy atom. The molecule has 0 spiro atoms. The molecule has 1 aromatic rings. The van der Waals surface area contributed by atoms with Crippen molar-refractivity contribution >= 4 is 11.4 Å². The Hall–Kier alpha value is -1.29. The number of nitrogens with zero attached hydrogens (tertiary/aromatic N) is 1. The number of pyridine rings is 1. The van der Waals surface area contributed by atoms with Gasteiger partial charge in [0.2, 0.25) is 0 Å². The zero-order valence-electron chi connectivity index (χ0n) is 9.33. The normalized spacial score (nSPS) is 11.4. The van der Waals surface area contributed by atoms with Gasteiger partial charge >= 0.3 is 0 Å². The molecule has 0 bridgehead atoms. The van der Waals surface area contributed by atoms with Crippen LogP contribution in [0.15, 0.2) is 18.5 Å². The lowest BCUT2D eigenvalue weighted by Crippen LogP contribution is -2.40. The van der Waals surface area contributed by atoms with E-state index in [1.165, 1.54) is 0 Å². The molecule has 0 aromatic carbocycles. The van der Waals surface area contributed by atoms with Crippen molar-refractivity contribution < 1.29 is 5.11 Å². The number of hydrogen-bond donors (Lipinski definition) is 3. The minimum absolute atomic E-state index is 0.106. The van der Waals surface area contributed by atoms with E-state index >= 15 is 0 Å². The van der Waals surface area contributed by atoms with Gasteiger partial charge in [-0.15, -0.1) is 0 Å². The number of nitrogens with two attached hydrogens (primary N) is 1.